The van der Waals surface area contributed by atoms with Crippen LogP contribution in [0, 0.1) is 11.3 Å². The Hall–Kier alpha value is -1.20. The van der Waals surface area contributed by atoms with E-state index in [-0.39, 0.29) is 17.1 Å². The first kappa shape index (κ1) is 14.2. The lowest BCUT2D eigenvalue weighted by atomic mass is 9.87. The van der Waals surface area contributed by atoms with Gasteiger partial charge in [0.1, 0.15) is 0 Å². The number of carbonyl (C=O) groups is 1. The van der Waals surface area contributed by atoms with E-state index in [0.717, 1.165) is 0 Å². The van der Waals surface area contributed by atoms with Gasteiger partial charge in [0, 0.05) is 5.56 Å². The molecule has 0 spiro atoms. The lowest BCUT2D eigenvalue weighted by molar-refractivity contribution is 0.0962. The average molecular weight is 281 g/mol. The molecule has 0 saturated heterocycles. The fraction of sp³-hybridized carbons (Fsp3) is 0.500. The molecule has 1 fully saturated rings. The monoisotopic (exact) mass is 281 g/mol. The molecule has 1 aromatic carbocycles. The maximum absolute atomic E-state index is 12.6. The normalized spacial score (nSPS) is 27.1. The number of sulfonamides is 1. The number of benzene rings is 1. The summed E-state index contributed by atoms with van der Waals surface area (Å²) in [6.07, 6.45) is 0.309. The highest BCUT2D eigenvalue weighted by Gasteiger charge is 2.70. The van der Waals surface area contributed by atoms with E-state index in [2.05, 4.69) is 0 Å². The number of rotatable bonds is 3. The van der Waals surface area contributed by atoms with E-state index in [1.165, 1.54) is 0 Å². The molecule has 0 bridgehead atoms. The van der Waals surface area contributed by atoms with Crippen molar-refractivity contribution < 1.29 is 13.2 Å². The second-order valence-electron chi connectivity index (χ2n) is 6.25. The summed E-state index contributed by atoms with van der Waals surface area (Å²) in [6.45, 7) is 5.80. The highest BCUT2D eigenvalue weighted by Crippen LogP contribution is 2.59. The predicted molar refractivity (Wildman–Crippen MR) is 74.2 cm³/mol. The maximum Gasteiger partial charge on any atom is 0.222 e. The average Bonchev–Trinajstić information content (AvgIpc) is 3.05. The van der Waals surface area contributed by atoms with Crippen molar-refractivity contribution in [3.05, 3.63) is 35.9 Å². The van der Waals surface area contributed by atoms with Crippen LogP contribution < -0.4 is 5.14 Å². The second kappa shape index (κ2) is 4.15. The second-order valence-corrected chi connectivity index (χ2v) is 8.07. The van der Waals surface area contributed by atoms with Crippen molar-refractivity contribution >= 4 is 15.8 Å². The fourth-order valence-corrected chi connectivity index (χ4v) is 4.30. The smallest absolute Gasteiger partial charge is 0.222 e. The Kier molecular flexibility index (Phi) is 3.10. The Bertz CT molecular complexity index is 601. The van der Waals surface area contributed by atoms with Crippen molar-refractivity contribution in [2.45, 2.75) is 31.9 Å². The Morgan fingerprint density at radius 2 is 1.79 bits per heavy atom. The molecule has 0 radical (unpaired) electrons. The van der Waals surface area contributed by atoms with E-state index in [1.54, 1.807) is 30.3 Å². The molecule has 1 aromatic rings. The zero-order valence-electron chi connectivity index (χ0n) is 11.4. The van der Waals surface area contributed by atoms with Crippen molar-refractivity contribution in [3.8, 4) is 0 Å². The van der Waals surface area contributed by atoms with Gasteiger partial charge in [-0.15, -0.1) is 0 Å². The summed E-state index contributed by atoms with van der Waals surface area (Å²) in [5.41, 5.74) is 0.139. The number of nitrogens with two attached hydrogens (primary N) is 1. The third kappa shape index (κ3) is 2.21. The molecule has 1 saturated carbocycles. The summed E-state index contributed by atoms with van der Waals surface area (Å²) in [5.74, 6) is -0.613. The highest BCUT2D eigenvalue weighted by molar-refractivity contribution is 7.91. The minimum atomic E-state index is -3.92. The topological polar surface area (TPSA) is 77.2 Å². The molecule has 2 N–H and O–H groups in total. The molecule has 0 aromatic heterocycles. The number of primary sulfonamides is 1. The van der Waals surface area contributed by atoms with Gasteiger partial charge in [-0.05, 0) is 17.8 Å². The number of Topliss-reactive ketones (excluding diaryl/α,β-unsaturated/α-hetero) is 1. The summed E-state index contributed by atoms with van der Waals surface area (Å²) in [4.78, 5) is 12.6. The molecular formula is C14H19NO3S. The maximum atomic E-state index is 12.6. The third-order valence-corrected chi connectivity index (χ3v) is 5.54. The van der Waals surface area contributed by atoms with Crippen molar-refractivity contribution in [1.29, 1.82) is 0 Å². The molecule has 1 aliphatic rings. The molecule has 0 heterocycles. The van der Waals surface area contributed by atoms with Crippen molar-refractivity contribution in [3.63, 3.8) is 0 Å². The Labute approximate surface area is 114 Å². The molecule has 2 unspecified atom stereocenters. The molecule has 0 aliphatic heterocycles. The van der Waals surface area contributed by atoms with Crippen LogP contribution in [0.4, 0.5) is 0 Å². The highest BCUT2D eigenvalue weighted by atomic mass is 32.2. The van der Waals surface area contributed by atoms with Crippen LogP contribution in [0.1, 0.15) is 37.6 Å². The van der Waals surface area contributed by atoms with Crippen molar-refractivity contribution in [2.24, 2.45) is 16.5 Å². The van der Waals surface area contributed by atoms with E-state index in [0.29, 0.717) is 12.0 Å². The third-order valence-electron chi connectivity index (χ3n) is 3.88. The first-order chi connectivity index (χ1) is 8.61. The van der Waals surface area contributed by atoms with Crippen LogP contribution in [0.5, 0.6) is 0 Å². The zero-order chi connectivity index (χ0) is 14.5. The minimum Gasteiger partial charge on any atom is -0.292 e. The van der Waals surface area contributed by atoms with Gasteiger partial charge < -0.3 is 0 Å². The first-order valence-electron chi connectivity index (χ1n) is 6.23. The van der Waals surface area contributed by atoms with E-state index in [4.69, 9.17) is 5.14 Å². The lowest BCUT2D eigenvalue weighted by Gasteiger charge is -2.23. The lowest BCUT2D eigenvalue weighted by Crippen LogP contribution is -2.42. The molecule has 1 aliphatic carbocycles. The van der Waals surface area contributed by atoms with E-state index >= 15 is 0 Å². The Morgan fingerprint density at radius 1 is 1.26 bits per heavy atom. The Balaban J connectivity index is 2.47. The molecular weight excluding hydrogens is 262 g/mol. The van der Waals surface area contributed by atoms with Gasteiger partial charge in [0.15, 0.2) is 10.5 Å². The SMILES string of the molecule is CC(C)(C)C1CC1(C(=O)c1ccccc1)S(N)(=O)=O. The molecule has 5 heteroatoms. The number of ketones is 1. The summed E-state index contributed by atoms with van der Waals surface area (Å²) in [7, 11) is -3.92. The number of hydrogen-bond donors (Lipinski definition) is 1. The summed E-state index contributed by atoms with van der Waals surface area (Å²) in [6, 6.07) is 8.49. The van der Waals surface area contributed by atoms with Gasteiger partial charge in [-0.25, -0.2) is 13.6 Å². The molecule has 2 rings (SSSR count). The van der Waals surface area contributed by atoms with Crippen LogP contribution in [0.25, 0.3) is 0 Å². The van der Waals surface area contributed by atoms with E-state index in [9.17, 15) is 13.2 Å². The Morgan fingerprint density at radius 3 is 2.16 bits per heavy atom. The van der Waals surface area contributed by atoms with E-state index in [1.807, 2.05) is 20.8 Å². The molecule has 104 valence electrons. The van der Waals surface area contributed by atoms with Gasteiger partial charge in [0.05, 0.1) is 0 Å². The number of carbonyl (C=O) groups excluding carboxylic acids is 1. The number of hydrogen-bond acceptors (Lipinski definition) is 3. The van der Waals surface area contributed by atoms with Crippen molar-refractivity contribution in [2.75, 3.05) is 0 Å². The van der Waals surface area contributed by atoms with Crippen LogP contribution in [-0.2, 0) is 10.0 Å². The summed E-state index contributed by atoms with van der Waals surface area (Å²) < 4.78 is 22.5. The minimum absolute atomic E-state index is 0.234. The fourth-order valence-electron chi connectivity index (χ4n) is 2.78. The van der Waals surface area contributed by atoms with Gasteiger partial charge >= 0.3 is 0 Å². The zero-order valence-corrected chi connectivity index (χ0v) is 12.2. The first-order valence-corrected chi connectivity index (χ1v) is 7.77. The van der Waals surface area contributed by atoms with Gasteiger partial charge in [0.25, 0.3) is 0 Å². The van der Waals surface area contributed by atoms with Gasteiger partial charge in [-0.3, -0.25) is 4.79 Å². The molecule has 4 nitrogen and oxygen atoms in total. The van der Waals surface area contributed by atoms with Crippen LogP contribution in [0.15, 0.2) is 30.3 Å². The summed E-state index contributed by atoms with van der Waals surface area (Å²) >= 11 is 0. The van der Waals surface area contributed by atoms with E-state index < -0.39 is 14.8 Å². The van der Waals surface area contributed by atoms with Gasteiger partial charge in [0.2, 0.25) is 10.0 Å². The van der Waals surface area contributed by atoms with Crippen LogP contribution in [-0.4, -0.2) is 18.9 Å². The van der Waals surface area contributed by atoms with Crippen LogP contribution in [0.3, 0.4) is 0 Å². The molecule has 2 atom stereocenters. The van der Waals surface area contributed by atoms with Gasteiger partial charge in [-0.1, -0.05) is 51.1 Å². The molecule has 0 amide bonds. The standard InChI is InChI=1S/C14H19NO3S/c1-13(2,3)11-9-14(11,19(15,17)18)12(16)10-7-5-4-6-8-10/h4-8,11H,9H2,1-3H3,(H2,15,17,18). The quantitative estimate of drug-likeness (QED) is 0.860. The molecule has 19 heavy (non-hydrogen) atoms. The largest absolute Gasteiger partial charge is 0.292 e. The van der Waals surface area contributed by atoms with Crippen LogP contribution >= 0.6 is 0 Å². The summed E-state index contributed by atoms with van der Waals surface area (Å²) in [5, 5.41) is 5.35. The van der Waals surface area contributed by atoms with Gasteiger partial charge in [-0.2, -0.15) is 0 Å². The predicted octanol–water partition coefficient (Wildman–Crippen LogP) is 1.96. The van der Waals surface area contributed by atoms with Crippen molar-refractivity contribution in [1.82, 2.24) is 0 Å². The van der Waals surface area contributed by atoms with Crippen LogP contribution in [0.2, 0.25) is 0 Å².